The molecule has 1 aromatic heterocycles. The van der Waals surface area contributed by atoms with Gasteiger partial charge in [-0.1, -0.05) is 0 Å². The predicted molar refractivity (Wildman–Crippen MR) is 81.0 cm³/mol. The van der Waals surface area contributed by atoms with Crippen LogP contribution in [0.5, 0.6) is 0 Å². The van der Waals surface area contributed by atoms with Crippen LogP contribution >= 0.6 is 0 Å². The molecule has 2 heterocycles. The normalized spacial score (nSPS) is 23.1. The first-order chi connectivity index (χ1) is 9.86. The number of hydrogen-bond acceptors (Lipinski definition) is 5. The van der Waals surface area contributed by atoms with Gasteiger partial charge >= 0.3 is 0 Å². The van der Waals surface area contributed by atoms with Crippen LogP contribution in [0.3, 0.4) is 0 Å². The number of nitrogens with zero attached hydrogens (tertiary/aromatic N) is 2. The van der Waals surface area contributed by atoms with E-state index in [-0.39, 0.29) is 17.2 Å². The molecule has 1 N–H and O–H groups in total. The molecule has 2 aromatic rings. The van der Waals surface area contributed by atoms with E-state index in [1.54, 1.807) is 0 Å². The molecule has 1 aromatic carbocycles. The summed E-state index contributed by atoms with van der Waals surface area (Å²) in [5.41, 5.74) is 1.71. The summed E-state index contributed by atoms with van der Waals surface area (Å²) < 4.78 is 11.3. The molecule has 0 spiro atoms. The maximum atomic E-state index is 6.11. The van der Waals surface area contributed by atoms with Crippen LogP contribution < -0.4 is 5.32 Å². The molecule has 112 valence electrons. The zero-order chi connectivity index (χ0) is 15.1. The summed E-state index contributed by atoms with van der Waals surface area (Å²) in [5, 5.41) is 11.2. The van der Waals surface area contributed by atoms with Crippen LogP contribution in [0.25, 0.3) is 11.5 Å². The highest BCUT2D eigenvalue weighted by molar-refractivity contribution is 5.58. The molecule has 0 radical (unpaired) electrons. The molecule has 0 aliphatic carbocycles. The standard InChI is InChI=1S/C16H21N3O2/c1-15(2)9-13(16(3,4)21-15)18-12-7-5-11(6-8-12)14-19-17-10-20-14/h5-8,10,13,18H,9H2,1-4H3. The lowest BCUT2D eigenvalue weighted by molar-refractivity contribution is -0.0662. The van der Waals surface area contributed by atoms with Crippen molar-refractivity contribution < 1.29 is 9.15 Å². The van der Waals surface area contributed by atoms with Gasteiger partial charge in [0.25, 0.3) is 0 Å². The third-order valence-electron chi connectivity index (χ3n) is 3.91. The Kier molecular flexibility index (Phi) is 3.24. The molecule has 5 nitrogen and oxygen atoms in total. The lowest BCUT2D eigenvalue weighted by atomic mass is 9.94. The second-order valence-electron chi connectivity index (χ2n) is 6.69. The molecule has 21 heavy (non-hydrogen) atoms. The smallest absolute Gasteiger partial charge is 0.247 e. The molecule has 1 fully saturated rings. The quantitative estimate of drug-likeness (QED) is 0.936. The average Bonchev–Trinajstić information content (AvgIpc) is 2.97. The summed E-state index contributed by atoms with van der Waals surface area (Å²) >= 11 is 0. The van der Waals surface area contributed by atoms with Crippen LogP contribution in [0.4, 0.5) is 5.69 Å². The molecule has 1 aliphatic rings. The Bertz CT molecular complexity index is 603. The van der Waals surface area contributed by atoms with E-state index < -0.39 is 0 Å². The van der Waals surface area contributed by atoms with Crippen molar-refractivity contribution in [3.8, 4) is 11.5 Å². The van der Waals surface area contributed by atoms with Gasteiger partial charge in [0.05, 0.1) is 17.2 Å². The Labute approximate surface area is 124 Å². The number of rotatable bonds is 3. The van der Waals surface area contributed by atoms with E-state index in [1.165, 1.54) is 6.39 Å². The first-order valence-corrected chi connectivity index (χ1v) is 7.19. The van der Waals surface area contributed by atoms with Gasteiger partial charge in [-0.25, -0.2) is 0 Å². The van der Waals surface area contributed by atoms with Crippen molar-refractivity contribution in [1.29, 1.82) is 0 Å². The van der Waals surface area contributed by atoms with E-state index >= 15 is 0 Å². The van der Waals surface area contributed by atoms with Gasteiger partial charge in [0.15, 0.2) is 0 Å². The van der Waals surface area contributed by atoms with Crippen LogP contribution in [0.2, 0.25) is 0 Å². The minimum atomic E-state index is -0.186. The van der Waals surface area contributed by atoms with Crippen molar-refractivity contribution in [2.45, 2.75) is 51.4 Å². The summed E-state index contributed by atoms with van der Waals surface area (Å²) in [4.78, 5) is 0. The Balaban J connectivity index is 1.74. The van der Waals surface area contributed by atoms with Gasteiger partial charge in [-0.3, -0.25) is 0 Å². The second kappa shape index (κ2) is 4.84. The van der Waals surface area contributed by atoms with Crippen molar-refractivity contribution in [1.82, 2.24) is 10.2 Å². The molecular formula is C16H21N3O2. The van der Waals surface area contributed by atoms with Crippen molar-refractivity contribution >= 4 is 5.69 Å². The zero-order valence-electron chi connectivity index (χ0n) is 12.9. The lowest BCUT2D eigenvalue weighted by Gasteiger charge is -2.28. The monoisotopic (exact) mass is 287 g/mol. The van der Waals surface area contributed by atoms with Crippen LogP contribution in [0.15, 0.2) is 35.1 Å². The summed E-state index contributed by atoms with van der Waals surface area (Å²) in [6.07, 6.45) is 2.31. The Morgan fingerprint density at radius 1 is 1.14 bits per heavy atom. The van der Waals surface area contributed by atoms with Gasteiger partial charge in [0.1, 0.15) is 0 Å². The molecule has 0 amide bonds. The highest BCUT2D eigenvalue weighted by atomic mass is 16.5. The first-order valence-electron chi connectivity index (χ1n) is 7.19. The van der Waals surface area contributed by atoms with E-state index in [0.29, 0.717) is 5.89 Å². The highest BCUT2D eigenvalue weighted by Crippen LogP contribution is 2.38. The highest BCUT2D eigenvalue weighted by Gasteiger charge is 2.45. The van der Waals surface area contributed by atoms with Crippen LogP contribution in [0.1, 0.15) is 34.1 Å². The van der Waals surface area contributed by atoms with Gasteiger partial charge in [0.2, 0.25) is 12.3 Å². The molecule has 1 unspecified atom stereocenters. The third-order valence-corrected chi connectivity index (χ3v) is 3.91. The fourth-order valence-electron chi connectivity index (χ4n) is 3.00. The Morgan fingerprint density at radius 2 is 1.86 bits per heavy atom. The zero-order valence-corrected chi connectivity index (χ0v) is 12.9. The molecule has 3 rings (SSSR count). The van der Waals surface area contributed by atoms with Crippen LogP contribution in [0, 0.1) is 0 Å². The summed E-state index contributed by atoms with van der Waals surface area (Å²) in [5.74, 6) is 0.534. The third kappa shape index (κ3) is 2.93. The van der Waals surface area contributed by atoms with E-state index in [0.717, 1.165) is 17.7 Å². The topological polar surface area (TPSA) is 60.2 Å². The van der Waals surface area contributed by atoms with E-state index in [4.69, 9.17) is 9.15 Å². The molecule has 1 atom stereocenters. The number of aromatic nitrogens is 2. The number of anilines is 1. The van der Waals surface area contributed by atoms with E-state index in [1.807, 2.05) is 24.3 Å². The molecular weight excluding hydrogens is 266 g/mol. The predicted octanol–water partition coefficient (Wildman–Crippen LogP) is 3.49. The van der Waals surface area contributed by atoms with Crippen LogP contribution in [-0.4, -0.2) is 27.4 Å². The fourth-order valence-corrected chi connectivity index (χ4v) is 3.00. The molecule has 5 heteroatoms. The van der Waals surface area contributed by atoms with Gasteiger partial charge in [-0.2, -0.15) is 0 Å². The summed E-state index contributed by atoms with van der Waals surface area (Å²) in [6.45, 7) is 8.53. The Hall–Kier alpha value is -1.88. The first kappa shape index (κ1) is 14.1. The number of hydrogen-bond donors (Lipinski definition) is 1. The van der Waals surface area contributed by atoms with E-state index in [9.17, 15) is 0 Å². The molecule has 0 saturated carbocycles. The summed E-state index contributed by atoms with van der Waals surface area (Å²) in [7, 11) is 0. The molecule has 1 aliphatic heterocycles. The van der Waals surface area contributed by atoms with Gasteiger partial charge in [0, 0.05) is 11.3 Å². The number of benzene rings is 1. The second-order valence-corrected chi connectivity index (χ2v) is 6.69. The van der Waals surface area contributed by atoms with E-state index in [2.05, 4.69) is 43.2 Å². The lowest BCUT2D eigenvalue weighted by Crippen LogP contribution is -2.38. The van der Waals surface area contributed by atoms with Crippen molar-refractivity contribution in [2.24, 2.45) is 0 Å². The van der Waals surface area contributed by atoms with Crippen molar-refractivity contribution in [3.63, 3.8) is 0 Å². The SMILES string of the molecule is CC1(C)CC(Nc2ccc(-c3nnco3)cc2)C(C)(C)O1. The fraction of sp³-hybridized carbons (Fsp3) is 0.500. The molecule has 1 saturated heterocycles. The van der Waals surface area contributed by atoms with Crippen molar-refractivity contribution in [2.75, 3.05) is 5.32 Å². The number of ether oxygens (including phenoxy) is 1. The summed E-state index contributed by atoms with van der Waals surface area (Å²) in [6, 6.07) is 8.29. The maximum Gasteiger partial charge on any atom is 0.247 e. The maximum absolute atomic E-state index is 6.11. The minimum Gasteiger partial charge on any atom is -0.423 e. The average molecular weight is 287 g/mol. The van der Waals surface area contributed by atoms with Gasteiger partial charge < -0.3 is 14.5 Å². The van der Waals surface area contributed by atoms with Gasteiger partial charge in [-0.15, -0.1) is 10.2 Å². The van der Waals surface area contributed by atoms with Gasteiger partial charge in [-0.05, 0) is 58.4 Å². The number of nitrogens with one attached hydrogen (secondary N) is 1. The van der Waals surface area contributed by atoms with Crippen molar-refractivity contribution in [3.05, 3.63) is 30.7 Å². The Morgan fingerprint density at radius 3 is 2.38 bits per heavy atom. The minimum absolute atomic E-state index is 0.0924. The largest absolute Gasteiger partial charge is 0.423 e. The molecule has 0 bridgehead atoms. The van der Waals surface area contributed by atoms with Crippen LogP contribution in [-0.2, 0) is 4.74 Å².